The molecule has 4 nitrogen and oxygen atoms in total. The first-order chi connectivity index (χ1) is 8.92. The second-order valence-corrected chi connectivity index (χ2v) is 3.74. The number of aromatic nitrogens is 3. The maximum absolute atomic E-state index is 5.56. The molecule has 0 saturated heterocycles. The summed E-state index contributed by atoms with van der Waals surface area (Å²) >= 11 is 0. The summed E-state index contributed by atoms with van der Waals surface area (Å²) in [7, 11) is 0. The average Bonchev–Trinajstić information content (AvgIpc) is 2.46. The molecule has 1 radical (unpaired) electrons. The lowest BCUT2D eigenvalue weighted by atomic mass is 10.2. The summed E-state index contributed by atoms with van der Waals surface area (Å²) in [5.41, 5.74) is 0.904. The molecule has 0 aliphatic carbocycles. The van der Waals surface area contributed by atoms with Crippen LogP contribution in [-0.2, 0) is 6.61 Å². The average molecular weight is 236 g/mol. The van der Waals surface area contributed by atoms with Crippen LogP contribution in [0.1, 0.15) is 5.82 Å². The molecule has 2 aromatic heterocycles. The van der Waals surface area contributed by atoms with Crippen molar-refractivity contribution in [1.82, 2.24) is 15.0 Å². The van der Waals surface area contributed by atoms with Crippen LogP contribution in [0.3, 0.4) is 0 Å². The van der Waals surface area contributed by atoms with E-state index in [4.69, 9.17) is 4.74 Å². The van der Waals surface area contributed by atoms with Crippen LogP contribution in [0, 0.1) is 6.20 Å². The first kappa shape index (κ1) is 10.7. The molecule has 0 fully saturated rings. The van der Waals surface area contributed by atoms with E-state index in [1.54, 1.807) is 18.5 Å². The molecule has 0 bridgehead atoms. The Kier molecular flexibility index (Phi) is 2.84. The molecule has 4 heteroatoms. The minimum absolute atomic E-state index is 0.317. The van der Waals surface area contributed by atoms with Gasteiger partial charge in [-0.1, -0.05) is 18.2 Å². The second kappa shape index (κ2) is 4.79. The zero-order chi connectivity index (χ0) is 12.2. The Morgan fingerprint density at radius 1 is 1.06 bits per heavy atom. The molecule has 0 aliphatic rings. The van der Waals surface area contributed by atoms with Gasteiger partial charge in [0.2, 0.25) is 0 Å². The number of hydrogen-bond donors (Lipinski definition) is 0. The number of ether oxygens (including phenoxy) is 1. The number of benzene rings is 1. The van der Waals surface area contributed by atoms with Crippen molar-refractivity contribution in [2.45, 2.75) is 6.61 Å². The zero-order valence-corrected chi connectivity index (χ0v) is 9.58. The maximum atomic E-state index is 5.56. The van der Waals surface area contributed by atoms with Crippen LogP contribution < -0.4 is 4.74 Å². The van der Waals surface area contributed by atoms with Gasteiger partial charge in [0.05, 0.1) is 5.52 Å². The van der Waals surface area contributed by atoms with E-state index >= 15 is 0 Å². The molecule has 0 N–H and O–H groups in total. The van der Waals surface area contributed by atoms with E-state index in [1.165, 1.54) is 0 Å². The van der Waals surface area contributed by atoms with Gasteiger partial charge in [-0.05, 0) is 18.2 Å². The SMILES string of the molecule is [c]1nc2ccccc2cc1OCc1ncccn1. The Morgan fingerprint density at radius 3 is 2.78 bits per heavy atom. The zero-order valence-electron chi connectivity index (χ0n) is 9.58. The summed E-state index contributed by atoms with van der Waals surface area (Å²) in [6.45, 7) is 0.317. The third-order valence-corrected chi connectivity index (χ3v) is 2.49. The van der Waals surface area contributed by atoms with Crippen molar-refractivity contribution in [3.8, 4) is 5.75 Å². The molecule has 0 spiro atoms. The minimum Gasteiger partial charge on any atom is -0.483 e. The molecule has 0 amide bonds. The molecule has 3 rings (SSSR count). The van der Waals surface area contributed by atoms with Crippen molar-refractivity contribution in [3.05, 3.63) is 60.8 Å². The predicted octanol–water partition coefficient (Wildman–Crippen LogP) is 2.40. The van der Waals surface area contributed by atoms with Crippen LogP contribution >= 0.6 is 0 Å². The summed E-state index contributed by atoms with van der Waals surface area (Å²) in [6, 6.07) is 11.5. The van der Waals surface area contributed by atoms with Gasteiger partial charge in [0, 0.05) is 17.8 Å². The number of nitrogens with zero attached hydrogens (tertiary/aromatic N) is 3. The van der Waals surface area contributed by atoms with Gasteiger partial charge in [-0.15, -0.1) is 0 Å². The van der Waals surface area contributed by atoms with Crippen LogP contribution in [0.15, 0.2) is 48.8 Å². The second-order valence-electron chi connectivity index (χ2n) is 3.74. The summed E-state index contributed by atoms with van der Waals surface area (Å²) < 4.78 is 5.56. The van der Waals surface area contributed by atoms with E-state index < -0.39 is 0 Å². The molecular formula is C14H10N3O. The van der Waals surface area contributed by atoms with Crippen LogP contribution in [0.4, 0.5) is 0 Å². The standard InChI is InChI=1S/C14H10N3O/c1-2-5-13-11(4-1)8-12(9-17-13)18-10-14-15-6-3-7-16-14/h1-8H,10H2. The molecule has 3 aromatic rings. The van der Waals surface area contributed by atoms with Gasteiger partial charge in [-0.25, -0.2) is 15.0 Å². The fourth-order valence-electron chi connectivity index (χ4n) is 1.62. The number of fused-ring (bicyclic) bond motifs is 1. The summed E-state index contributed by atoms with van der Waals surface area (Å²) in [5, 5.41) is 1.03. The largest absolute Gasteiger partial charge is 0.483 e. The summed E-state index contributed by atoms with van der Waals surface area (Å²) in [5.74, 6) is 1.24. The molecule has 0 unspecified atom stereocenters. The fraction of sp³-hybridized carbons (Fsp3) is 0.0714. The Labute approximate surface area is 104 Å². The third kappa shape index (κ3) is 2.27. The van der Waals surface area contributed by atoms with E-state index in [1.807, 2.05) is 30.3 Å². The Morgan fingerprint density at radius 2 is 1.89 bits per heavy atom. The minimum atomic E-state index is 0.317. The number of para-hydroxylation sites is 1. The van der Waals surface area contributed by atoms with Crippen molar-refractivity contribution in [2.24, 2.45) is 0 Å². The van der Waals surface area contributed by atoms with Crippen LogP contribution in [0.2, 0.25) is 0 Å². The van der Waals surface area contributed by atoms with E-state index in [0.29, 0.717) is 18.2 Å². The van der Waals surface area contributed by atoms with Crippen molar-refractivity contribution < 1.29 is 4.74 Å². The highest BCUT2D eigenvalue weighted by Crippen LogP contribution is 2.17. The van der Waals surface area contributed by atoms with Crippen molar-refractivity contribution in [2.75, 3.05) is 0 Å². The quantitative estimate of drug-likeness (QED) is 0.700. The van der Waals surface area contributed by atoms with Gasteiger partial charge in [0.15, 0.2) is 5.82 Å². The topological polar surface area (TPSA) is 47.9 Å². The highest BCUT2D eigenvalue weighted by molar-refractivity contribution is 5.79. The Bertz CT molecular complexity index is 655. The van der Waals surface area contributed by atoms with Gasteiger partial charge in [0.1, 0.15) is 18.6 Å². The van der Waals surface area contributed by atoms with Gasteiger partial charge in [-0.3, -0.25) is 0 Å². The van der Waals surface area contributed by atoms with Crippen molar-refractivity contribution in [1.29, 1.82) is 0 Å². The van der Waals surface area contributed by atoms with Gasteiger partial charge in [0.25, 0.3) is 0 Å². The monoisotopic (exact) mass is 236 g/mol. The van der Waals surface area contributed by atoms with Gasteiger partial charge < -0.3 is 4.74 Å². The van der Waals surface area contributed by atoms with Gasteiger partial charge >= 0.3 is 0 Å². The lowest BCUT2D eigenvalue weighted by Crippen LogP contribution is -2.00. The van der Waals surface area contributed by atoms with Crippen LogP contribution in [-0.4, -0.2) is 15.0 Å². The third-order valence-electron chi connectivity index (χ3n) is 2.49. The van der Waals surface area contributed by atoms with Crippen LogP contribution in [0.25, 0.3) is 10.9 Å². The summed E-state index contributed by atoms with van der Waals surface area (Å²) in [4.78, 5) is 12.4. The highest BCUT2D eigenvalue weighted by atomic mass is 16.5. The molecule has 18 heavy (non-hydrogen) atoms. The summed E-state index contributed by atoms with van der Waals surface area (Å²) in [6.07, 6.45) is 6.23. The molecule has 0 atom stereocenters. The highest BCUT2D eigenvalue weighted by Gasteiger charge is 2.00. The van der Waals surface area contributed by atoms with E-state index in [0.717, 1.165) is 10.9 Å². The Hall–Kier alpha value is -2.49. The molecule has 87 valence electrons. The normalized spacial score (nSPS) is 10.4. The number of pyridine rings is 1. The molecular weight excluding hydrogens is 226 g/mol. The molecule has 1 aromatic carbocycles. The van der Waals surface area contributed by atoms with E-state index in [9.17, 15) is 0 Å². The predicted molar refractivity (Wildman–Crippen MR) is 66.9 cm³/mol. The molecule has 2 heterocycles. The maximum Gasteiger partial charge on any atom is 0.166 e. The Balaban J connectivity index is 1.79. The smallest absolute Gasteiger partial charge is 0.166 e. The van der Waals surface area contributed by atoms with Crippen LogP contribution in [0.5, 0.6) is 5.75 Å². The number of rotatable bonds is 3. The number of hydrogen-bond acceptors (Lipinski definition) is 4. The first-order valence-corrected chi connectivity index (χ1v) is 5.58. The van der Waals surface area contributed by atoms with Crippen molar-refractivity contribution >= 4 is 10.9 Å². The lowest BCUT2D eigenvalue weighted by molar-refractivity contribution is 0.294. The van der Waals surface area contributed by atoms with Gasteiger partial charge in [-0.2, -0.15) is 0 Å². The fourth-order valence-corrected chi connectivity index (χ4v) is 1.62. The van der Waals surface area contributed by atoms with Crippen molar-refractivity contribution in [3.63, 3.8) is 0 Å². The molecule has 0 saturated carbocycles. The first-order valence-electron chi connectivity index (χ1n) is 5.58. The van der Waals surface area contributed by atoms with E-state index in [2.05, 4.69) is 21.1 Å². The van der Waals surface area contributed by atoms with E-state index in [-0.39, 0.29) is 0 Å². The lowest BCUT2D eigenvalue weighted by Gasteiger charge is -2.04. The molecule has 0 aliphatic heterocycles.